The number of aliphatic hydroxyl groups is 1. The maximum absolute atomic E-state index is 13.8. The first kappa shape index (κ1) is 22.7. The molecule has 5 rings (SSSR count). The van der Waals surface area contributed by atoms with Crippen LogP contribution in [0.5, 0.6) is 5.75 Å². The normalized spacial score (nSPS) is 17.3. The van der Waals surface area contributed by atoms with Crippen LogP contribution in [0.1, 0.15) is 29.7 Å². The topological polar surface area (TPSA) is 79.7 Å². The van der Waals surface area contributed by atoms with Crippen LogP contribution in [0.3, 0.4) is 0 Å². The molecule has 1 amide bonds. The minimum atomic E-state index is -0.919. The van der Waals surface area contributed by atoms with E-state index in [0.29, 0.717) is 27.1 Å². The fourth-order valence-corrected chi connectivity index (χ4v) is 5.19. The van der Waals surface area contributed by atoms with Gasteiger partial charge in [0.05, 0.1) is 28.9 Å². The molecule has 176 valence electrons. The van der Waals surface area contributed by atoms with Gasteiger partial charge in [-0.1, -0.05) is 54.7 Å². The number of methoxy groups -OCH3 is 1. The van der Waals surface area contributed by atoms with E-state index in [4.69, 9.17) is 4.74 Å². The summed E-state index contributed by atoms with van der Waals surface area (Å²) in [5, 5.41) is 11.5. The van der Waals surface area contributed by atoms with Crippen molar-refractivity contribution < 1.29 is 23.8 Å². The van der Waals surface area contributed by atoms with Gasteiger partial charge in [0, 0.05) is 5.56 Å². The molecule has 1 aliphatic rings. The van der Waals surface area contributed by atoms with Crippen LogP contribution in [-0.4, -0.2) is 28.9 Å². The number of hydrogen-bond donors (Lipinski definition) is 1. The Morgan fingerprint density at radius 2 is 1.80 bits per heavy atom. The van der Waals surface area contributed by atoms with E-state index in [2.05, 4.69) is 4.98 Å². The minimum Gasteiger partial charge on any atom is -0.507 e. The summed E-state index contributed by atoms with van der Waals surface area (Å²) in [6.45, 7) is 2.02. The second-order valence-corrected chi connectivity index (χ2v) is 9.11. The molecule has 0 bridgehead atoms. The number of halogens is 1. The van der Waals surface area contributed by atoms with Crippen LogP contribution in [-0.2, 0) is 16.0 Å². The van der Waals surface area contributed by atoms with Gasteiger partial charge in [0.15, 0.2) is 5.13 Å². The predicted molar refractivity (Wildman–Crippen MR) is 133 cm³/mol. The van der Waals surface area contributed by atoms with E-state index in [0.717, 1.165) is 23.3 Å². The number of carbonyl (C=O) groups is 2. The fraction of sp³-hybridized carbons (Fsp3) is 0.148. The standard InChI is InChI=1S/C27H21FN2O4S/c1-3-15-4-6-17(7-5-15)24(31)22-23(16-8-11-19(34-2)12-9-16)30(26(33)25(22)32)27-29-20-13-10-18(28)14-21(20)35-27/h4-14,23,31H,3H2,1-2H3/b24-22+. The van der Waals surface area contributed by atoms with Crippen molar-refractivity contribution in [2.75, 3.05) is 12.0 Å². The molecule has 0 aliphatic carbocycles. The van der Waals surface area contributed by atoms with Crippen molar-refractivity contribution in [3.8, 4) is 5.75 Å². The van der Waals surface area contributed by atoms with Crippen molar-refractivity contribution >= 4 is 44.1 Å². The molecular formula is C27H21FN2O4S. The van der Waals surface area contributed by atoms with E-state index >= 15 is 0 Å². The second-order valence-electron chi connectivity index (χ2n) is 8.10. The molecule has 0 saturated carbocycles. The number of aliphatic hydroxyl groups excluding tert-OH is 1. The van der Waals surface area contributed by atoms with Crippen molar-refractivity contribution in [2.45, 2.75) is 19.4 Å². The lowest BCUT2D eigenvalue weighted by Gasteiger charge is -2.23. The van der Waals surface area contributed by atoms with Gasteiger partial charge in [-0.05, 0) is 47.9 Å². The SMILES string of the molecule is CCc1ccc(/C(O)=C2\C(=O)C(=O)N(c3nc4ccc(F)cc4s3)C2c2ccc(OC)cc2)cc1. The third kappa shape index (κ3) is 3.95. The first-order chi connectivity index (χ1) is 16.9. The number of aromatic nitrogens is 1. The van der Waals surface area contributed by atoms with Crippen LogP contribution >= 0.6 is 11.3 Å². The van der Waals surface area contributed by atoms with Crippen molar-refractivity contribution in [1.29, 1.82) is 0 Å². The number of ether oxygens (including phenoxy) is 1. The summed E-state index contributed by atoms with van der Waals surface area (Å²) in [5.41, 5.74) is 2.59. The van der Waals surface area contributed by atoms with Crippen LogP contribution in [0.4, 0.5) is 9.52 Å². The Bertz CT molecular complexity index is 1480. The fourth-order valence-electron chi connectivity index (χ4n) is 4.17. The van der Waals surface area contributed by atoms with Gasteiger partial charge in [0.2, 0.25) is 0 Å². The number of amides is 1. The number of anilines is 1. The Morgan fingerprint density at radius 1 is 1.09 bits per heavy atom. The molecule has 1 saturated heterocycles. The third-order valence-electron chi connectivity index (χ3n) is 6.06. The van der Waals surface area contributed by atoms with Crippen molar-refractivity contribution in [1.82, 2.24) is 4.98 Å². The summed E-state index contributed by atoms with van der Waals surface area (Å²) in [5.74, 6) is -1.69. The molecule has 2 heterocycles. The molecule has 0 spiro atoms. The molecule has 35 heavy (non-hydrogen) atoms. The number of benzene rings is 3. The first-order valence-electron chi connectivity index (χ1n) is 11.0. The molecule has 1 aliphatic heterocycles. The summed E-state index contributed by atoms with van der Waals surface area (Å²) in [7, 11) is 1.54. The average molecular weight is 489 g/mol. The van der Waals surface area contributed by atoms with Crippen LogP contribution in [0, 0.1) is 5.82 Å². The number of thiazole rings is 1. The van der Waals surface area contributed by atoms with Crippen molar-refractivity contribution in [3.05, 3.63) is 94.8 Å². The monoisotopic (exact) mass is 488 g/mol. The predicted octanol–water partition coefficient (Wildman–Crippen LogP) is 5.63. The molecular weight excluding hydrogens is 467 g/mol. The number of Topliss-reactive ketones (excluding diaryl/α,β-unsaturated/α-hetero) is 1. The van der Waals surface area contributed by atoms with Gasteiger partial charge in [0.25, 0.3) is 5.78 Å². The van der Waals surface area contributed by atoms with Gasteiger partial charge >= 0.3 is 5.91 Å². The second kappa shape index (κ2) is 8.96. The van der Waals surface area contributed by atoms with Crippen LogP contribution < -0.4 is 9.64 Å². The summed E-state index contributed by atoms with van der Waals surface area (Å²) >= 11 is 1.11. The highest BCUT2D eigenvalue weighted by molar-refractivity contribution is 7.22. The summed E-state index contributed by atoms with van der Waals surface area (Å²) in [4.78, 5) is 32.4. The average Bonchev–Trinajstić information content (AvgIpc) is 3.41. The van der Waals surface area contributed by atoms with Gasteiger partial charge < -0.3 is 9.84 Å². The molecule has 1 atom stereocenters. The maximum Gasteiger partial charge on any atom is 0.301 e. The van der Waals surface area contributed by atoms with E-state index in [1.165, 1.54) is 23.1 Å². The molecule has 6 nitrogen and oxygen atoms in total. The molecule has 1 N–H and O–H groups in total. The number of rotatable bonds is 5. The molecule has 0 radical (unpaired) electrons. The van der Waals surface area contributed by atoms with Gasteiger partial charge in [-0.2, -0.15) is 0 Å². The third-order valence-corrected chi connectivity index (χ3v) is 7.07. The number of fused-ring (bicyclic) bond motifs is 1. The summed E-state index contributed by atoms with van der Waals surface area (Å²) in [6, 6.07) is 17.4. The Kier molecular flexibility index (Phi) is 5.82. The summed E-state index contributed by atoms with van der Waals surface area (Å²) in [6.07, 6.45) is 0.829. The van der Waals surface area contributed by atoms with Crippen molar-refractivity contribution in [3.63, 3.8) is 0 Å². The lowest BCUT2D eigenvalue weighted by Crippen LogP contribution is -2.29. The number of nitrogens with zero attached hydrogens (tertiary/aromatic N) is 2. The lowest BCUT2D eigenvalue weighted by atomic mass is 9.95. The highest BCUT2D eigenvalue weighted by Crippen LogP contribution is 2.44. The highest BCUT2D eigenvalue weighted by Gasteiger charge is 2.48. The van der Waals surface area contributed by atoms with Gasteiger partial charge in [0.1, 0.15) is 17.3 Å². The quantitative estimate of drug-likeness (QED) is 0.224. The molecule has 8 heteroatoms. The molecule has 3 aromatic carbocycles. The van der Waals surface area contributed by atoms with E-state index in [-0.39, 0.29) is 16.5 Å². The zero-order chi connectivity index (χ0) is 24.7. The number of ketones is 1. The molecule has 1 unspecified atom stereocenters. The lowest BCUT2D eigenvalue weighted by molar-refractivity contribution is -0.132. The van der Waals surface area contributed by atoms with Gasteiger partial charge in [-0.25, -0.2) is 9.37 Å². The molecule has 1 aromatic heterocycles. The number of aryl methyl sites for hydroxylation is 1. The Balaban J connectivity index is 1.70. The van der Waals surface area contributed by atoms with Crippen LogP contribution in [0.25, 0.3) is 16.0 Å². The van der Waals surface area contributed by atoms with Crippen LogP contribution in [0.15, 0.2) is 72.3 Å². The van der Waals surface area contributed by atoms with E-state index in [1.807, 2.05) is 19.1 Å². The minimum absolute atomic E-state index is 0.0325. The summed E-state index contributed by atoms with van der Waals surface area (Å²) < 4.78 is 19.6. The van der Waals surface area contributed by atoms with Gasteiger partial charge in [-0.3, -0.25) is 14.5 Å². The maximum atomic E-state index is 13.8. The highest BCUT2D eigenvalue weighted by atomic mass is 32.1. The Morgan fingerprint density at radius 3 is 2.46 bits per heavy atom. The molecule has 4 aromatic rings. The largest absolute Gasteiger partial charge is 0.507 e. The van der Waals surface area contributed by atoms with E-state index in [1.54, 1.807) is 43.5 Å². The Labute approximate surface area is 204 Å². The number of hydrogen-bond acceptors (Lipinski definition) is 6. The van der Waals surface area contributed by atoms with E-state index < -0.39 is 23.5 Å². The van der Waals surface area contributed by atoms with Gasteiger partial charge in [-0.15, -0.1) is 0 Å². The number of carbonyl (C=O) groups excluding carboxylic acids is 2. The van der Waals surface area contributed by atoms with Crippen molar-refractivity contribution in [2.24, 2.45) is 0 Å². The molecule has 1 fully saturated rings. The van der Waals surface area contributed by atoms with Crippen LogP contribution in [0.2, 0.25) is 0 Å². The Hall–Kier alpha value is -4.04. The zero-order valence-electron chi connectivity index (χ0n) is 19.0. The first-order valence-corrected chi connectivity index (χ1v) is 11.8. The van der Waals surface area contributed by atoms with E-state index in [9.17, 15) is 19.1 Å². The smallest absolute Gasteiger partial charge is 0.301 e. The zero-order valence-corrected chi connectivity index (χ0v) is 19.8.